The lowest BCUT2D eigenvalue weighted by Gasteiger charge is -2.34. The summed E-state index contributed by atoms with van der Waals surface area (Å²) in [6.45, 7) is 9.00. The average Bonchev–Trinajstić information content (AvgIpc) is 3.22. The maximum absolute atomic E-state index is 13.6. The molecule has 4 rings (SSSR count). The van der Waals surface area contributed by atoms with Gasteiger partial charge in [-0.15, -0.1) is 0 Å². The van der Waals surface area contributed by atoms with Crippen LogP contribution in [-0.4, -0.2) is 75.5 Å². The highest BCUT2D eigenvalue weighted by atomic mass is 32.1. The summed E-state index contributed by atoms with van der Waals surface area (Å²) in [7, 11) is 0. The van der Waals surface area contributed by atoms with Crippen LogP contribution in [0, 0.1) is 17.2 Å². The number of aliphatic carboxylic acids is 2. The van der Waals surface area contributed by atoms with Crippen LogP contribution in [0.15, 0.2) is 36.4 Å². The number of piperidine rings is 1. The van der Waals surface area contributed by atoms with E-state index in [1.807, 2.05) is 24.0 Å². The van der Waals surface area contributed by atoms with Gasteiger partial charge in [0.2, 0.25) is 0 Å². The van der Waals surface area contributed by atoms with Crippen molar-refractivity contribution in [3.63, 3.8) is 0 Å². The van der Waals surface area contributed by atoms with Gasteiger partial charge < -0.3 is 19.8 Å². The molecule has 2 aliphatic rings. The van der Waals surface area contributed by atoms with Gasteiger partial charge in [-0.3, -0.25) is 19.4 Å². The maximum Gasteiger partial charge on any atom is 0.490 e. The number of ether oxygens (including phenoxy) is 1. The molecule has 50 heavy (non-hydrogen) atoms. The number of rotatable bonds is 9. The van der Waals surface area contributed by atoms with Gasteiger partial charge in [-0.05, 0) is 120 Å². The van der Waals surface area contributed by atoms with E-state index in [1.165, 1.54) is 6.07 Å². The summed E-state index contributed by atoms with van der Waals surface area (Å²) in [5.41, 5.74) is -1.41. The van der Waals surface area contributed by atoms with E-state index in [0.29, 0.717) is 30.4 Å². The van der Waals surface area contributed by atoms with Gasteiger partial charge in [0.15, 0.2) is 5.11 Å². The largest absolute Gasteiger partial charge is 0.493 e. The van der Waals surface area contributed by atoms with Gasteiger partial charge in [0, 0.05) is 5.69 Å². The number of amides is 1. The predicted octanol–water partition coefficient (Wildman–Crippen LogP) is 6.64. The zero-order chi connectivity index (χ0) is 37.8. The molecular weight excluding hydrogens is 694 g/mol. The number of carbonyl (C=O) groups excluding carboxylic acids is 1. The monoisotopic (exact) mass is 730 g/mol. The molecular formula is C33H36F6N4O6S. The molecule has 17 heteroatoms. The topological polar surface area (TPSA) is 134 Å². The standard InChI is InChI=1S/C31H35F3N4O4S.C2HF3O2/c1-5-21-16-24(8-9-26(21)42-15-12-20-10-13-36(14-11-20)19(2)27(39)40)38-29(43)37(28(41)30(38,3)4)23-7-6-22(18-35)25(17-23)31(32,33)34;3-2(4,5)1(6)7/h6-9,16-17,19-20H,5,10-15H2,1-4H3,(H,39,40);(H,6,7). The number of hydrogen-bond donors (Lipinski definition) is 2. The number of carbonyl (C=O) groups is 3. The lowest BCUT2D eigenvalue weighted by atomic mass is 9.93. The third-order valence-corrected chi connectivity index (χ3v) is 8.98. The molecule has 1 atom stereocenters. The molecule has 0 bridgehead atoms. The summed E-state index contributed by atoms with van der Waals surface area (Å²) in [5, 5.41) is 25.6. The van der Waals surface area contributed by atoms with Gasteiger partial charge in [-0.2, -0.15) is 31.6 Å². The van der Waals surface area contributed by atoms with E-state index in [4.69, 9.17) is 32.1 Å². The molecule has 0 spiro atoms. The zero-order valence-corrected chi connectivity index (χ0v) is 28.4. The van der Waals surface area contributed by atoms with Crippen LogP contribution in [0.2, 0.25) is 0 Å². The van der Waals surface area contributed by atoms with Crippen LogP contribution < -0.4 is 14.5 Å². The smallest absolute Gasteiger partial charge is 0.490 e. The molecule has 2 N–H and O–H groups in total. The van der Waals surface area contributed by atoms with Gasteiger partial charge in [-0.1, -0.05) is 6.92 Å². The fraction of sp³-hybridized carbons (Fsp3) is 0.485. The first-order valence-corrected chi connectivity index (χ1v) is 15.9. The number of alkyl halides is 6. The number of nitriles is 1. The first-order valence-electron chi connectivity index (χ1n) is 15.5. The van der Waals surface area contributed by atoms with Gasteiger partial charge in [-0.25, -0.2) is 4.79 Å². The first-order chi connectivity index (χ1) is 23.1. The molecule has 0 radical (unpaired) electrons. The first kappa shape index (κ1) is 40.0. The number of halogens is 6. The summed E-state index contributed by atoms with van der Waals surface area (Å²) in [5.74, 6) is -2.90. The number of anilines is 2. The van der Waals surface area contributed by atoms with Crippen molar-refractivity contribution in [2.45, 2.75) is 77.3 Å². The number of aryl methyl sites for hydroxylation is 1. The summed E-state index contributed by atoms with van der Waals surface area (Å²) in [4.78, 5) is 38.4. The van der Waals surface area contributed by atoms with Gasteiger partial charge >= 0.3 is 24.3 Å². The van der Waals surface area contributed by atoms with E-state index in [-0.39, 0.29) is 10.8 Å². The van der Waals surface area contributed by atoms with Gasteiger partial charge in [0.25, 0.3) is 5.91 Å². The molecule has 2 heterocycles. The molecule has 2 saturated heterocycles. The lowest BCUT2D eigenvalue weighted by Crippen LogP contribution is -2.44. The minimum atomic E-state index is -5.08. The quantitative estimate of drug-likeness (QED) is 0.214. The molecule has 2 aliphatic heterocycles. The van der Waals surface area contributed by atoms with Crippen LogP contribution in [0.25, 0.3) is 0 Å². The van der Waals surface area contributed by atoms with Crippen molar-refractivity contribution in [2.24, 2.45) is 5.92 Å². The van der Waals surface area contributed by atoms with E-state index in [0.717, 1.165) is 54.9 Å². The highest BCUT2D eigenvalue weighted by molar-refractivity contribution is 7.81. The second-order valence-corrected chi connectivity index (χ2v) is 12.6. The van der Waals surface area contributed by atoms with Crippen molar-refractivity contribution >= 4 is 46.6 Å². The Morgan fingerprint density at radius 1 is 1.06 bits per heavy atom. The van der Waals surface area contributed by atoms with Crippen molar-refractivity contribution < 1.29 is 55.7 Å². The number of hydrogen-bond acceptors (Lipinski definition) is 7. The summed E-state index contributed by atoms with van der Waals surface area (Å²) in [6, 6.07) is 9.68. The Labute approximate surface area is 289 Å². The van der Waals surface area contributed by atoms with E-state index in [1.54, 1.807) is 37.8 Å². The molecule has 10 nitrogen and oxygen atoms in total. The predicted molar refractivity (Wildman–Crippen MR) is 174 cm³/mol. The Morgan fingerprint density at radius 2 is 1.64 bits per heavy atom. The highest BCUT2D eigenvalue weighted by Gasteiger charge is 2.51. The van der Waals surface area contributed by atoms with E-state index in [2.05, 4.69) is 0 Å². The van der Waals surface area contributed by atoms with E-state index >= 15 is 0 Å². The van der Waals surface area contributed by atoms with Gasteiger partial charge in [0.05, 0.1) is 29.5 Å². The Balaban J connectivity index is 0.000000872. The highest BCUT2D eigenvalue weighted by Crippen LogP contribution is 2.40. The zero-order valence-electron chi connectivity index (χ0n) is 27.6. The fourth-order valence-electron chi connectivity index (χ4n) is 5.70. The lowest BCUT2D eigenvalue weighted by molar-refractivity contribution is -0.192. The SMILES string of the molecule is CCc1cc(N2C(=S)N(c3ccc(C#N)c(C(F)(F)F)c3)C(=O)C2(C)C)ccc1OCCC1CCN(C(C)C(=O)O)CC1.O=C(O)C(F)(F)F. The van der Waals surface area contributed by atoms with Crippen LogP contribution in [0.5, 0.6) is 5.75 Å². The van der Waals surface area contributed by atoms with E-state index < -0.39 is 52.9 Å². The Morgan fingerprint density at radius 3 is 2.14 bits per heavy atom. The fourth-order valence-corrected chi connectivity index (χ4v) is 6.22. The van der Waals surface area contributed by atoms with Crippen LogP contribution in [0.1, 0.15) is 63.6 Å². The number of carboxylic acids is 2. The second-order valence-electron chi connectivity index (χ2n) is 12.2. The summed E-state index contributed by atoms with van der Waals surface area (Å²) < 4.78 is 78.8. The number of likely N-dealkylation sites (tertiary alicyclic amines) is 1. The van der Waals surface area contributed by atoms with Crippen molar-refractivity contribution in [1.82, 2.24) is 4.90 Å². The Bertz CT molecular complexity index is 1650. The molecule has 2 fully saturated rings. The van der Waals surface area contributed by atoms with Crippen LogP contribution >= 0.6 is 12.2 Å². The molecule has 1 unspecified atom stereocenters. The molecule has 272 valence electrons. The minimum Gasteiger partial charge on any atom is -0.493 e. The number of benzene rings is 2. The minimum absolute atomic E-state index is 0.0344. The van der Waals surface area contributed by atoms with Crippen molar-refractivity contribution in [2.75, 3.05) is 29.5 Å². The molecule has 2 aromatic carbocycles. The van der Waals surface area contributed by atoms with Crippen LogP contribution in [0.4, 0.5) is 37.7 Å². The average molecular weight is 731 g/mol. The van der Waals surface area contributed by atoms with Crippen LogP contribution in [-0.2, 0) is 27.0 Å². The van der Waals surface area contributed by atoms with Gasteiger partial charge in [0.1, 0.15) is 17.3 Å². The third kappa shape index (κ3) is 9.02. The summed E-state index contributed by atoms with van der Waals surface area (Å²) in [6.07, 6.45) is -6.55. The van der Waals surface area contributed by atoms with Crippen molar-refractivity contribution in [1.29, 1.82) is 5.26 Å². The number of nitrogens with zero attached hydrogens (tertiary/aromatic N) is 4. The van der Waals surface area contributed by atoms with Crippen LogP contribution in [0.3, 0.4) is 0 Å². The maximum atomic E-state index is 13.6. The molecule has 2 aromatic rings. The molecule has 0 aromatic heterocycles. The Kier molecular flexibility index (Phi) is 12.5. The number of carboxylic acid groups (broad SMARTS) is 2. The summed E-state index contributed by atoms with van der Waals surface area (Å²) >= 11 is 5.66. The van der Waals surface area contributed by atoms with Crippen molar-refractivity contribution in [3.05, 3.63) is 53.1 Å². The second kappa shape index (κ2) is 15.6. The van der Waals surface area contributed by atoms with E-state index in [9.17, 15) is 41.0 Å². The van der Waals surface area contributed by atoms with Crippen molar-refractivity contribution in [3.8, 4) is 11.8 Å². The number of thiocarbonyl (C=S) groups is 1. The Hall–Kier alpha value is -4.43. The third-order valence-electron chi connectivity index (χ3n) is 8.62. The normalized spacial score (nSPS) is 17.5. The molecule has 0 saturated carbocycles. The molecule has 1 amide bonds. The molecule has 0 aliphatic carbocycles.